The lowest BCUT2D eigenvalue weighted by Gasteiger charge is -2.10. The number of nitrogens with zero attached hydrogens (tertiary/aromatic N) is 2. The number of amides is 1. The van der Waals surface area contributed by atoms with Crippen LogP contribution in [0, 0.1) is 6.92 Å². The molecule has 1 amide bonds. The third-order valence-corrected chi connectivity index (χ3v) is 4.98. The number of hydrogen-bond acceptors (Lipinski definition) is 6. The summed E-state index contributed by atoms with van der Waals surface area (Å²) >= 11 is 1.46. The molecule has 0 bridgehead atoms. The molecule has 0 aliphatic carbocycles. The van der Waals surface area contributed by atoms with Crippen LogP contribution in [0.5, 0.6) is 0 Å². The molecule has 0 aliphatic rings. The van der Waals surface area contributed by atoms with Crippen LogP contribution in [0.15, 0.2) is 59.8 Å². The predicted molar refractivity (Wildman–Crippen MR) is 113 cm³/mol. The summed E-state index contributed by atoms with van der Waals surface area (Å²) in [5, 5.41) is 15.6. The maximum absolute atomic E-state index is 11.6. The number of carboxylic acid groups (broad SMARTS) is 1. The van der Waals surface area contributed by atoms with Gasteiger partial charge in [-0.1, -0.05) is 36.0 Å². The van der Waals surface area contributed by atoms with E-state index in [0.29, 0.717) is 28.0 Å². The summed E-state index contributed by atoms with van der Waals surface area (Å²) in [4.78, 5) is 31.9. The number of anilines is 2. The highest BCUT2D eigenvalue weighted by Crippen LogP contribution is 2.24. The Morgan fingerprint density at radius 2 is 1.79 bits per heavy atom. The Bertz CT molecular complexity index is 1040. The number of nitrogens with one attached hydrogen (secondary N) is 2. The van der Waals surface area contributed by atoms with E-state index in [1.807, 2.05) is 19.1 Å². The Morgan fingerprint density at radius 1 is 1.07 bits per heavy atom. The van der Waals surface area contributed by atoms with Gasteiger partial charge in [-0.25, -0.2) is 14.8 Å². The monoisotopic (exact) mass is 408 g/mol. The average molecular weight is 408 g/mol. The summed E-state index contributed by atoms with van der Waals surface area (Å²) in [7, 11) is 1.60. The molecule has 1 aromatic heterocycles. The number of aromatic carboxylic acids is 1. The lowest BCUT2D eigenvalue weighted by molar-refractivity contribution is 0.0697. The average Bonchev–Trinajstić information content (AvgIpc) is 2.72. The number of carbonyl (C=O) groups excluding carboxylic acids is 1. The van der Waals surface area contributed by atoms with Gasteiger partial charge < -0.3 is 15.7 Å². The predicted octanol–water partition coefficient (Wildman–Crippen LogP) is 3.88. The molecule has 0 unspecified atom stereocenters. The number of carboxylic acids is 1. The standard InChI is InChI=1S/C21H20N4O3S/c1-13-11-18(24-17-6-4-3-5-16(17)20(27)28)25-21(23-13)29-12-14-7-9-15(10-8-14)19(26)22-2/h3-11H,12H2,1-2H3,(H,22,26)(H,27,28)(H,23,24,25). The van der Waals surface area contributed by atoms with Crippen molar-refractivity contribution in [2.75, 3.05) is 12.4 Å². The van der Waals surface area contributed by atoms with Crippen molar-refractivity contribution in [1.29, 1.82) is 0 Å². The van der Waals surface area contributed by atoms with Crippen LogP contribution >= 0.6 is 11.8 Å². The zero-order valence-electron chi connectivity index (χ0n) is 16.0. The number of benzene rings is 2. The Labute approximate surface area is 172 Å². The molecule has 7 nitrogen and oxygen atoms in total. The van der Waals surface area contributed by atoms with E-state index in [-0.39, 0.29) is 11.5 Å². The fourth-order valence-corrected chi connectivity index (χ4v) is 3.49. The number of para-hydroxylation sites is 1. The highest BCUT2D eigenvalue weighted by atomic mass is 32.2. The number of hydrogen-bond donors (Lipinski definition) is 3. The number of thioether (sulfide) groups is 1. The van der Waals surface area contributed by atoms with Gasteiger partial charge in [0.2, 0.25) is 0 Å². The summed E-state index contributed by atoms with van der Waals surface area (Å²) in [5.74, 6) is 0.0451. The SMILES string of the molecule is CNC(=O)c1ccc(CSc2nc(C)cc(Nc3ccccc3C(=O)O)n2)cc1. The summed E-state index contributed by atoms with van der Waals surface area (Å²) in [6.45, 7) is 1.86. The van der Waals surface area contributed by atoms with Crippen molar-refractivity contribution < 1.29 is 14.7 Å². The summed E-state index contributed by atoms with van der Waals surface area (Å²) in [5.41, 5.74) is 3.07. The topological polar surface area (TPSA) is 104 Å². The van der Waals surface area contributed by atoms with Gasteiger partial charge in [0.05, 0.1) is 11.3 Å². The molecule has 0 fully saturated rings. The van der Waals surface area contributed by atoms with Gasteiger partial charge in [0.15, 0.2) is 5.16 Å². The van der Waals surface area contributed by atoms with E-state index in [2.05, 4.69) is 20.6 Å². The molecular formula is C21H20N4O3S. The number of carbonyl (C=O) groups is 2. The molecule has 3 aromatic rings. The fourth-order valence-electron chi connectivity index (χ4n) is 2.63. The lowest BCUT2D eigenvalue weighted by atomic mass is 10.1. The maximum Gasteiger partial charge on any atom is 0.337 e. The second-order valence-electron chi connectivity index (χ2n) is 6.22. The van der Waals surface area contributed by atoms with Crippen LogP contribution in [0.4, 0.5) is 11.5 Å². The minimum atomic E-state index is -1.01. The van der Waals surface area contributed by atoms with E-state index in [9.17, 15) is 14.7 Å². The van der Waals surface area contributed by atoms with Crippen molar-refractivity contribution in [3.05, 3.63) is 77.0 Å². The Morgan fingerprint density at radius 3 is 2.48 bits per heavy atom. The molecule has 1 heterocycles. The fraction of sp³-hybridized carbons (Fsp3) is 0.143. The number of rotatable bonds is 7. The highest BCUT2D eigenvalue weighted by Gasteiger charge is 2.11. The summed E-state index contributed by atoms with van der Waals surface area (Å²) in [6, 6.07) is 15.8. The zero-order valence-corrected chi connectivity index (χ0v) is 16.8. The van der Waals surface area contributed by atoms with Gasteiger partial charge in [0, 0.05) is 30.1 Å². The smallest absolute Gasteiger partial charge is 0.337 e. The van der Waals surface area contributed by atoms with Crippen LogP contribution in [-0.4, -0.2) is 34.0 Å². The zero-order chi connectivity index (χ0) is 20.8. The lowest BCUT2D eigenvalue weighted by Crippen LogP contribution is -2.17. The van der Waals surface area contributed by atoms with Crippen molar-refractivity contribution >= 4 is 35.1 Å². The molecule has 0 spiro atoms. The molecule has 3 rings (SSSR count). The van der Waals surface area contributed by atoms with Crippen molar-refractivity contribution in [2.24, 2.45) is 0 Å². The van der Waals surface area contributed by atoms with E-state index in [4.69, 9.17) is 0 Å². The molecule has 0 radical (unpaired) electrons. The van der Waals surface area contributed by atoms with E-state index in [0.717, 1.165) is 11.3 Å². The molecule has 148 valence electrons. The van der Waals surface area contributed by atoms with Gasteiger partial charge in [-0.15, -0.1) is 0 Å². The van der Waals surface area contributed by atoms with E-state index < -0.39 is 5.97 Å². The third-order valence-electron chi connectivity index (χ3n) is 4.07. The molecular weight excluding hydrogens is 388 g/mol. The van der Waals surface area contributed by atoms with E-state index >= 15 is 0 Å². The van der Waals surface area contributed by atoms with Gasteiger partial charge >= 0.3 is 5.97 Å². The van der Waals surface area contributed by atoms with Gasteiger partial charge in [-0.3, -0.25) is 4.79 Å². The molecule has 0 aliphatic heterocycles. The van der Waals surface area contributed by atoms with Crippen LogP contribution in [-0.2, 0) is 5.75 Å². The second kappa shape index (κ2) is 9.20. The quantitative estimate of drug-likeness (QED) is 0.402. The van der Waals surface area contributed by atoms with Crippen LogP contribution in [0.2, 0.25) is 0 Å². The normalized spacial score (nSPS) is 10.4. The first-order valence-electron chi connectivity index (χ1n) is 8.85. The molecule has 0 atom stereocenters. The minimum absolute atomic E-state index is 0.122. The van der Waals surface area contributed by atoms with Gasteiger partial charge in [-0.05, 0) is 36.8 Å². The summed E-state index contributed by atoms with van der Waals surface area (Å²) < 4.78 is 0. The van der Waals surface area contributed by atoms with Crippen molar-refractivity contribution in [1.82, 2.24) is 15.3 Å². The first-order chi connectivity index (χ1) is 14.0. The Balaban J connectivity index is 1.73. The van der Waals surface area contributed by atoms with Crippen molar-refractivity contribution in [2.45, 2.75) is 17.8 Å². The minimum Gasteiger partial charge on any atom is -0.478 e. The van der Waals surface area contributed by atoms with Crippen molar-refractivity contribution in [3.63, 3.8) is 0 Å². The highest BCUT2D eigenvalue weighted by molar-refractivity contribution is 7.98. The first-order valence-corrected chi connectivity index (χ1v) is 9.83. The first kappa shape index (κ1) is 20.3. The summed E-state index contributed by atoms with van der Waals surface area (Å²) in [6.07, 6.45) is 0. The van der Waals surface area contributed by atoms with Crippen LogP contribution in [0.25, 0.3) is 0 Å². The molecule has 0 saturated heterocycles. The van der Waals surface area contributed by atoms with E-state index in [1.165, 1.54) is 17.8 Å². The Kier molecular flexibility index (Phi) is 6.46. The largest absolute Gasteiger partial charge is 0.478 e. The molecule has 0 saturated carbocycles. The van der Waals surface area contributed by atoms with Crippen LogP contribution in [0.1, 0.15) is 32.0 Å². The van der Waals surface area contributed by atoms with Crippen LogP contribution in [0.3, 0.4) is 0 Å². The second-order valence-corrected chi connectivity index (χ2v) is 7.16. The van der Waals surface area contributed by atoms with Gasteiger partial charge in [0.25, 0.3) is 5.91 Å². The van der Waals surface area contributed by atoms with E-state index in [1.54, 1.807) is 43.4 Å². The van der Waals surface area contributed by atoms with Crippen molar-refractivity contribution in [3.8, 4) is 0 Å². The third kappa shape index (κ3) is 5.32. The molecule has 2 aromatic carbocycles. The number of aromatic nitrogens is 2. The molecule has 29 heavy (non-hydrogen) atoms. The number of aryl methyl sites for hydroxylation is 1. The van der Waals surface area contributed by atoms with Gasteiger partial charge in [-0.2, -0.15) is 0 Å². The molecule has 8 heteroatoms. The maximum atomic E-state index is 11.6. The van der Waals surface area contributed by atoms with Gasteiger partial charge in [0.1, 0.15) is 5.82 Å². The van der Waals surface area contributed by atoms with Crippen LogP contribution < -0.4 is 10.6 Å². The molecule has 3 N–H and O–H groups in total. The Hall–Kier alpha value is -3.39.